The van der Waals surface area contributed by atoms with Crippen molar-refractivity contribution in [1.29, 1.82) is 0 Å². The van der Waals surface area contributed by atoms with Crippen molar-refractivity contribution in [2.45, 2.75) is 20.4 Å². The van der Waals surface area contributed by atoms with E-state index in [-0.39, 0.29) is 18.6 Å². The molecule has 116 valence electrons. The van der Waals surface area contributed by atoms with Crippen molar-refractivity contribution >= 4 is 5.91 Å². The van der Waals surface area contributed by atoms with Gasteiger partial charge in [0, 0.05) is 24.3 Å². The second-order valence-electron chi connectivity index (χ2n) is 4.81. The largest absolute Gasteiger partial charge is 0.350 e. The van der Waals surface area contributed by atoms with Gasteiger partial charge in [-0.05, 0) is 26.0 Å². The molecule has 0 atom stereocenters. The van der Waals surface area contributed by atoms with Crippen molar-refractivity contribution in [2.75, 3.05) is 6.54 Å². The highest BCUT2D eigenvalue weighted by Gasteiger charge is 2.16. The van der Waals surface area contributed by atoms with E-state index in [1.807, 2.05) is 0 Å². The fourth-order valence-corrected chi connectivity index (χ4v) is 1.93. The van der Waals surface area contributed by atoms with Gasteiger partial charge in [0.15, 0.2) is 0 Å². The maximum absolute atomic E-state index is 13.4. The summed E-state index contributed by atoms with van der Waals surface area (Å²) in [5, 5.41) is 2.38. The summed E-state index contributed by atoms with van der Waals surface area (Å²) in [7, 11) is 0. The van der Waals surface area contributed by atoms with E-state index in [9.17, 15) is 18.4 Å². The van der Waals surface area contributed by atoms with E-state index >= 15 is 0 Å². The van der Waals surface area contributed by atoms with Crippen LogP contribution in [0.1, 0.15) is 21.6 Å². The van der Waals surface area contributed by atoms with E-state index in [2.05, 4.69) is 10.3 Å². The van der Waals surface area contributed by atoms with E-state index in [1.54, 1.807) is 13.8 Å². The molecule has 2 aromatic rings. The lowest BCUT2D eigenvalue weighted by Crippen LogP contribution is -2.32. The van der Waals surface area contributed by atoms with Crippen LogP contribution < -0.4 is 10.9 Å². The number of halogens is 2. The van der Waals surface area contributed by atoms with Crippen LogP contribution in [0.25, 0.3) is 0 Å². The molecule has 0 saturated carbocycles. The van der Waals surface area contributed by atoms with Gasteiger partial charge < -0.3 is 5.32 Å². The third-order valence-electron chi connectivity index (χ3n) is 3.34. The van der Waals surface area contributed by atoms with Gasteiger partial charge in [0.25, 0.3) is 11.5 Å². The lowest BCUT2D eigenvalue weighted by Gasteiger charge is -2.09. The highest BCUT2D eigenvalue weighted by Crippen LogP contribution is 2.11. The van der Waals surface area contributed by atoms with E-state index in [1.165, 1.54) is 17.0 Å². The van der Waals surface area contributed by atoms with Gasteiger partial charge in [-0.2, -0.15) is 0 Å². The molecule has 5 nitrogen and oxygen atoms in total. The Morgan fingerprint density at radius 3 is 2.55 bits per heavy atom. The highest BCUT2D eigenvalue weighted by molar-refractivity contribution is 5.94. The van der Waals surface area contributed by atoms with Gasteiger partial charge in [0.05, 0.1) is 6.33 Å². The lowest BCUT2D eigenvalue weighted by atomic mass is 10.2. The molecule has 7 heteroatoms. The molecule has 1 amide bonds. The summed E-state index contributed by atoms with van der Waals surface area (Å²) < 4.78 is 28.2. The number of nitrogens with one attached hydrogen (secondary N) is 1. The second kappa shape index (κ2) is 6.46. The van der Waals surface area contributed by atoms with Crippen LogP contribution in [-0.2, 0) is 6.54 Å². The van der Waals surface area contributed by atoms with E-state index < -0.39 is 23.1 Å². The normalized spacial score (nSPS) is 10.5. The van der Waals surface area contributed by atoms with Crippen LogP contribution in [0, 0.1) is 25.5 Å². The van der Waals surface area contributed by atoms with Gasteiger partial charge in [-0.15, -0.1) is 0 Å². The summed E-state index contributed by atoms with van der Waals surface area (Å²) in [6.07, 6.45) is 1.38. The third kappa shape index (κ3) is 3.19. The average Bonchev–Trinajstić information content (AvgIpc) is 2.47. The number of amides is 1. The topological polar surface area (TPSA) is 64.0 Å². The Bertz CT molecular complexity index is 752. The van der Waals surface area contributed by atoms with Crippen LogP contribution in [-0.4, -0.2) is 22.0 Å². The van der Waals surface area contributed by atoms with Gasteiger partial charge in [0.2, 0.25) is 0 Å². The van der Waals surface area contributed by atoms with Gasteiger partial charge in [-0.25, -0.2) is 13.8 Å². The van der Waals surface area contributed by atoms with Crippen molar-refractivity contribution in [3.8, 4) is 0 Å². The van der Waals surface area contributed by atoms with Gasteiger partial charge >= 0.3 is 0 Å². The predicted octanol–water partition coefficient (Wildman–Crippen LogP) is 1.57. The van der Waals surface area contributed by atoms with Crippen LogP contribution in [0.2, 0.25) is 0 Å². The average molecular weight is 307 g/mol. The van der Waals surface area contributed by atoms with Crippen molar-refractivity contribution < 1.29 is 13.6 Å². The molecule has 0 saturated heterocycles. The summed E-state index contributed by atoms with van der Waals surface area (Å²) >= 11 is 0. The Kier molecular flexibility index (Phi) is 4.65. The molecule has 0 aliphatic heterocycles. The van der Waals surface area contributed by atoms with Crippen molar-refractivity contribution in [3.63, 3.8) is 0 Å². The van der Waals surface area contributed by atoms with Crippen molar-refractivity contribution in [2.24, 2.45) is 0 Å². The molecule has 22 heavy (non-hydrogen) atoms. The maximum atomic E-state index is 13.4. The minimum absolute atomic E-state index is 0.0523. The molecular weight excluding hydrogens is 292 g/mol. The Labute approximate surface area is 125 Å². The summed E-state index contributed by atoms with van der Waals surface area (Å²) in [5.41, 5.74) is 0.319. The SMILES string of the molecule is Cc1ncn(CCNC(=O)c2c(F)cccc2F)c(=O)c1C. The summed E-state index contributed by atoms with van der Waals surface area (Å²) in [5.74, 6) is -2.72. The summed E-state index contributed by atoms with van der Waals surface area (Å²) in [6, 6.07) is 3.20. The Hall–Kier alpha value is -2.57. The molecule has 0 unspecified atom stereocenters. The van der Waals surface area contributed by atoms with E-state index in [0.717, 1.165) is 12.1 Å². The van der Waals surface area contributed by atoms with Crippen LogP contribution in [0.15, 0.2) is 29.3 Å². The number of nitrogens with zero attached hydrogens (tertiary/aromatic N) is 2. The third-order valence-corrected chi connectivity index (χ3v) is 3.34. The lowest BCUT2D eigenvalue weighted by molar-refractivity contribution is 0.0943. The molecule has 0 spiro atoms. The monoisotopic (exact) mass is 307 g/mol. The number of aryl methyl sites for hydroxylation is 1. The first kappa shape index (κ1) is 15.8. The van der Waals surface area contributed by atoms with Crippen LogP contribution in [0.3, 0.4) is 0 Å². The maximum Gasteiger partial charge on any atom is 0.257 e. The molecule has 0 bridgehead atoms. The van der Waals surface area contributed by atoms with Crippen molar-refractivity contribution in [1.82, 2.24) is 14.9 Å². The summed E-state index contributed by atoms with van der Waals surface area (Å²) in [6.45, 7) is 3.60. The Balaban J connectivity index is 2.04. The van der Waals surface area contributed by atoms with Crippen molar-refractivity contribution in [3.05, 3.63) is 63.3 Å². The number of hydrogen-bond acceptors (Lipinski definition) is 3. The first-order valence-corrected chi connectivity index (χ1v) is 6.66. The second-order valence-corrected chi connectivity index (χ2v) is 4.81. The number of carbonyl (C=O) groups excluding carboxylic acids is 1. The first-order valence-electron chi connectivity index (χ1n) is 6.66. The number of benzene rings is 1. The van der Waals surface area contributed by atoms with E-state index in [4.69, 9.17) is 0 Å². The quantitative estimate of drug-likeness (QED) is 0.932. The Morgan fingerprint density at radius 2 is 1.91 bits per heavy atom. The van der Waals surface area contributed by atoms with Gasteiger partial charge in [-0.1, -0.05) is 6.07 Å². The number of hydrogen-bond donors (Lipinski definition) is 1. The Morgan fingerprint density at radius 1 is 1.27 bits per heavy atom. The smallest absolute Gasteiger partial charge is 0.257 e. The molecule has 0 radical (unpaired) electrons. The zero-order valence-corrected chi connectivity index (χ0v) is 12.2. The highest BCUT2D eigenvalue weighted by atomic mass is 19.1. The molecule has 0 fully saturated rings. The molecule has 1 aromatic carbocycles. The molecule has 0 aliphatic rings. The fraction of sp³-hybridized carbons (Fsp3) is 0.267. The van der Waals surface area contributed by atoms with E-state index in [0.29, 0.717) is 11.3 Å². The standard InChI is InChI=1S/C15H15F2N3O2/c1-9-10(2)19-8-20(15(9)22)7-6-18-14(21)13-11(16)4-3-5-12(13)17/h3-5,8H,6-7H2,1-2H3,(H,18,21). The molecule has 1 N–H and O–H groups in total. The number of rotatable bonds is 4. The van der Waals surface area contributed by atoms with Crippen LogP contribution >= 0.6 is 0 Å². The minimum Gasteiger partial charge on any atom is -0.350 e. The number of aromatic nitrogens is 2. The first-order chi connectivity index (χ1) is 10.4. The van der Waals surface area contributed by atoms with Crippen LogP contribution in [0.4, 0.5) is 8.78 Å². The zero-order chi connectivity index (χ0) is 16.3. The number of carbonyl (C=O) groups is 1. The molecule has 2 rings (SSSR count). The minimum atomic E-state index is -0.928. The molecule has 1 heterocycles. The van der Waals surface area contributed by atoms with Crippen LogP contribution in [0.5, 0.6) is 0 Å². The molecule has 0 aliphatic carbocycles. The van der Waals surface area contributed by atoms with Gasteiger partial charge in [0.1, 0.15) is 17.2 Å². The zero-order valence-electron chi connectivity index (χ0n) is 12.2. The predicted molar refractivity (Wildman–Crippen MR) is 76.7 cm³/mol. The summed E-state index contributed by atoms with van der Waals surface area (Å²) in [4.78, 5) is 27.8. The fourth-order valence-electron chi connectivity index (χ4n) is 1.93. The molecule has 1 aromatic heterocycles. The molecular formula is C15H15F2N3O2. The van der Waals surface area contributed by atoms with Gasteiger partial charge in [-0.3, -0.25) is 14.2 Å².